The molecule has 0 radical (unpaired) electrons. The Labute approximate surface area is 107 Å². The molecule has 0 fully saturated rings. The van der Waals surface area contributed by atoms with Crippen molar-refractivity contribution < 1.29 is 17.7 Å². The minimum atomic E-state index is -4.45. The molecule has 19 heavy (non-hydrogen) atoms. The van der Waals surface area contributed by atoms with E-state index in [2.05, 4.69) is 15.1 Å². The van der Waals surface area contributed by atoms with Crippen LogP contribution in [-0.4, -0.2) is 22.2 Å². The number of nitrogens with zero attached hydrogens (tertiary/aromatic N) is 4. The molecule has 0 aliphatic rings. The highest BCUT2D eigenvalue weighted by molar-refractivity contribution is 5.47. The number of hydrogen-bond acceptors (Lipinski definition) is 5. The fourth-order valence-corrected chi connectivity index (χ4v) is 1.61. The number of halogens is 3. The Hall–Kier alpha value is -2.12. The van der Waals surface area contributed by atoms with Crippen molar-refractivity contribution in [3.8, 4) is 0 Å². The van der Waals surface area contributed by atoms with Crippen LogP contribution >= 0.6 is 0 Å². The Kier molecular flexibility index (Phi) is 3.41. The van der Waals surface area contributed by atoms with Crippen LogP contribution in [0.15, 0.2) is 22.9 Å². The molecule has 0 atom stereocenters. The summed E-state index contributed by atoms with van der Waals surface area (Å²) in [5, 5.41) is 3.64. The molecule has 0 aliphatic heterocycles. The maximum atomic E-state index is 12.8. The molecule has 5 nitrogen and oxygen atoms in total. The molecule has 0 saturated carbocycles. The second kappa shape index (κ2) is 4.87. The van der Waals surface area contributed by atoms with Crippen molar-refractivity contribution in [2.24, 2.45) is 0 Å². The van der Waals surface area contributed by atoms with Gasteiger partial charge < -0.3 is 9.42 Å². The summed E-state index contributed by atoms with van der Waals surface area (Å²) >= 11 is 0. The first-order chi connectivity index (χ1) is 8.88. The van der Waals surface area contributed by atoms with Gasteiger partial charge in [0.05, 0.1) is 12.1 Å². The normalized spacial score (nSPS) is 11.6. The van der Waals surface area contributed by atoms with Crippen LogP contribution in [0.1, 0.15) is 17.3 Å². The van der Waals surface area contributed by atoms with E-state index in [-0.39, 0.29) is 12.4 Å². The van der Waals surface area contributed by atoms with Crippen LogP contribution in [0.2, 0.25) is 0 Å². The molecule has 0 aliphatic carbocycles. The highest BCUT2D eigenvalue weighted by Crippen LogP contribution is 2.34. The van der Waals surface area contributed by atoms with E-state index in [1.165, 1.54) is 24.2 Å². The third-order valence-electron chi connectivity index (χ3n) is 2.40. The first kappa shape index (κ1) is 13.3. The van der Waals surface area contributed by atoms with Crippen LogP contribution in [0.5, 0.6) is 0 Å². The second-order valence-corrected chi connectivity index (χ2v) is 3.96. The number of rotatable bonds is 3. The standard InChI is InChI=1S/C11H11F3N4O/c1-7-16-9(17-19-7)6-18(2)10-8(11(12,13)14)4-3-5-15-10/h3-5H,6H2,1-2H3. The topological polar surface area (TPSA) is 55.1 Å². The van der Waals surface area contributed by atoms with Crippen molar-refractivity contribution in [2.75, 3.05) is 11.9 Å². The smallest absolute Gasteiger partial charge is 0.351 e. The van der Waals surface area contributed by atoms with Gasteiger partial charge in [-0.1, -0.05) is 5.16 Å². The van der Waals surface area contributed by atoms with E-state index in [1.54, 1.807) is 6.92 Å². The number of anilines is 1. The fraction of sp³-hybridized carbons (Fsp3) is 0.364. The van der Waals surface area contributed by atoms with Gasteiger partial charge in [-0.3, -0.25) is 0 Å². The van der Waals surface area contributed by atoms with Crippen molar-refractivity contribution in [1.29, 1.82) is 0 Å². The van der Waals surface area contributed by atoms with Gasteiger partial charge in [0.15, 0.2) is 5.82 Å². The number of hydrogen-bond donors (Lipinski definition) is 0. The molecule has 2 heterocycles. The zero-order chi connectivity index (χ0) is 14.0. The Morgan fingerprint density at radius 1 is 1.37 bits per heavy atom. The summed E-state index contributed by atoms with van der Waals surface area (Å²) < 4.78 is 43.3. The maximum absolute atomic E-state index is 12.8. The van der Waals surface area contributed by atoms with Crippen molar-refractivity contribution in [3.63, 3.8) is 0 Å². The number of aromatic nitrogens is 3. The van der Waals surface area contributed by atoms with Gasteiger partial charge in [0, 0.05) is 20.2 Å². The lowest BCUT2D eigenvalue weighted by molar-refractivity contribution is -0.137. The van der Waals surface area contributed by atoms with Crippen LogP contribution < -0.4 is 4.90 Å². The molecular formula is C11H11F3N4O. The van der Waals surface area contributed by atoms with E-state index in [1.807, 2.05) is 0 Å². The zero-order valence-electron chi connectivity index (χ0n) is 10.3. The lowest BCUT2D eigenvalue weighted by atomic mass is 10.2. The van der Waals surface area contributed by atoms with E-state index >= 15 is 0 Å². The first-order valence-corrected chi connectivity index (χ1v) is 5.40. The quantitative estimate of drug-likeness (QED) is 0.858. The summed E-state index contributed by atoms with van der Waals surface area (Å²) in [6.07, 6.45) is -3.15. The van der Waals surface area contributed by atoms with E-state index in [9.17, 15) is 13.2 Å². The van der Waals surface area contributed by atoms with Crippen molar-refractivity contribution in [1.82, 2.24) is 15.1 Å². The molecule has 0 N–H and O–H groups in total. The molecule has 0 aromatic carbocycles. The molecule has 2 aromatic rings. The molecule has 0 spiro atoms. The van der Waals surface area contributed by atoms with Gasteiger partial charge in [0.2, 0.25) is 5.89 Å². The third kappa shape index (κ3) is 3.01. The Balaban J connectivity index is 2.26. The number of alkyl halides is 3. The Morgan fingerprint density at radius 3 is 2.68 bits per heavy atom. The third-order valence-corrected chi connectivity index (χ3v) is 2.40. The monoisotopic (exact) mass is 272 g/mol. The average molecular weight is 272 g/mol. The highest BCUT2D eigenvalue weighted by Gasteiger charge is 2.35. The van der Waals surface area contributed by atoms with Crippen molar-refractivity contribution >= 4 is 5.82 Å². The SMILES string of the molecule is Cc1nc(CN(C)c2ncccc2C(F)(F)F)no1. The summed E-state index contributed by atoms with van der Waals surface area (Å²) in [6.45, 7) is 1.69. The summed E-state index contributed by atoms with van der Waals surface area (Å²) in [6, 6.07) is 2.24. The van der Waals surface area contributed by atoms with Crippen LogP contribution in [0.4, 0.5) is 19.0 Å². The van der Waals surface area contributed by atoms with Gasteiger partial charge in [-0.25, -0.2) is 4.98 Å². The van der Waals surface area contributed by atoms with E-state index in [4.69, 9.17) is 4.52 Å². The molecule has 0 unspecified atom stereocenters. The summed E-state index contributed by atoms with van der Waals surface area (Å²) in [4.78, 5) is 9.03. The number of aryl methyl sites for hydroxylation is 1. The first-order valence-electron chi connectivity index (χ1n) is 5.40. The van der Waals surface area contributed by atoms with Crippen LogP contribution in [-0.2, 0) is 12.7 Å². The molecular weight excluding hydrogens is 261 g/mol. The minimum absolute atomic E-state index is 0.0808. The summed E-state index contributed by atoms with van der Waals surface area (Å²) in [7, 11) is 1.49. The van der Waals surface area contributed by atoms with Crippen LogP contribution in [0.3, 0.4) is 0 Å². The van der Waals surface area contributed by atoms with Crippen molar-refractivity contribution in [2.45, 2.75) is 19.6 Å². The predicted octanol–water partition coefficient (Wildman–Crippen LogP) is 2.43. The molecule has 2 aromatic heterocycles. The van der Waals surface area contributed by atoms with E-state index in [0.717, 1.165) is 6.07 Å². The lowest BCUT2D eigenvalue weighted by Crippen LogP contribution is -2.22. The zero-order valence-corrected chi connectivity index (χ0v) is 10.3. The Bertz CT molecular complexity index is 567. The average Bonchev–Trinajstić information content (AvgIpc) is 2.73. The van der Waals surface area contributed by atoms with Gasteiger partial charge in [-0.05, 0) is 12.1 Å². The van der Waals surface area contributed by atoms with E-state index < -0.39 is 11.7 Å². The highest BCUT2D eigenvalue weighted by atomic mass is 19.4. The van der Waals surface area contributed by atoms with Gasteiger partial charge >= 0.3 is 6.18 Å². The molecule has 8 heteroatoms. The summed E-state index contributed by atoms with van der Waals surface area (Å²) in [5.41, 5.74) is -0.794. The second-order valence-electron chi connectivity index (χ2n) is 3.96. The van der Waals surface area contributed by atoms with Crippen molar-refractivity contribution in [3.05, 3.63) is 35.6 Å². The summed E-state index contributed by atoms with van der Waals surface area (Å²) in [5.74, 6) is 0.497. The van der Waals surface area contributed by atoms with Gasteiger partial charge in [-0.2, -0.15) is 18.2 Å². The van der Waals surface area contributed by atoms with Gasteiger partial charge in [-0.15, -0.1) is 0 Å². The predicted molar refractivity (Wildman–Crippen MR) is 60.4 cm³/mol. The lowest BCUT2D eigenvalue weighted by Gasteiger charge is -2.20. The molecule has 102 valence electrons. The van der Waals surface area contributed by atoms with Crippen LogP contribution in [0.25, 0.3) is 0 Å². The Morgan fingerprint density at radius 2 is 2.11 bits per heavy atom. The number of pyridine rings is 1. The minimum Gasteiger partial charge on any atom is -0.351 e. The molecule has 0 bridgehead atoms. The van der Waals surface area contributed by atoms with E-state index in [0.29, 0.717) is 11.7 Å². The fourth-order valence-electron chi connectivity index (χ4n) is 1.61. The maximum Gasteiger partial charge on any atom is 0.419 e. The largest absolute Gasteiger partial charge is 0.419 e. The molecule has 0 saturated heterocycles. The van der Waals surface area contributed by atoms with Gasteiger partial charge in [0.25, 0.3) is 0 Å². The van der Waals surface area contributed by atoms with Crippen LogP contribution in [0, 0.1) is 6.92 Å². The van der Waals surface area contributed by atoms with Gasteiger partial charge in [0.1, 0.15) is 5.82 Å². The molecule has 2 rings (SSSR count). The molecule has 0 amide bonds.